The highest BCUT2D eigenvalue weighted by atomic mass is 79.9. The first-order chi connectivity index (χ1) is 6.66. The van der Waals surface area contributed by atoms with E-state index in [1.807, 2.05) is 6.07 Å². The van der Waals surface area contributed by atoms with Crippen molar-refractivity contribution in [2.45, 2.75) is 0 Å². The second-order valence-corrected chi connectivity index (χ2v) is 3.96. The molecule has 1 aliphatic heterocycles. The van der Waals surface area contributed by atoms with Crippen molar-refractivity contribution in [1.29, 1.82) is 0 Å². The Hall–Kier alpha value is -1.29. The topological polar surface area (TPSA) is 49.3 Å². The summed E-state index contributed by atoms with van der Waals surface area (Å²) in [4.78, 5) is 10.9. The van der Waals surface area contributed by atoms with Crippen molar-refractivity contribution in [3.8, 4) is 5.75 Å². The molecular formula is C10H8BrNO2. The van der Waals surface area contributed by atoms with E-state index in [0.29, 0.717) is 12.1 Å². The number of halogens is 1. The molecule has 3 nitrogen and oxygen atoms in total. The first kappa shape index (κ1) is 9.27. The second-order valence-electron chi connectivity index (χ2n) is 3.05. The van der Waals surface area contributed by atoms with Gasteiger partial charge < -0.3 is 10.4 Å². The molecule has 0 unspecified atom stereocenters. The summed E-state index contributed by atoms with van der Waals surface area (Å²) in [6.45, 7) is 0.480. The van der Waals surface area contributed by atoms with E-state index >= 15 is 0 Å². The quantitative estimate of drug-likeness (QED) is 0.800. The van der Waals surface area contributed by atoms with Gasteiger partial charge >= 0.3 is 0 Å². The van der Waals surface area contributed by atoms with Crippen LogP contribution in [0.4, 0.5) is 0 Å². The van der Waals surface area contributed by atoms with E-state index in [1.54, 1.807) is 12.1 Å². The Morgan fingerprint density at radius 2 is 2.21 bits per heavy atom. The number of aromatic hydroxyl groups is 1. The zero-order chi connectivity index (χ0) is 10.1. The van der Waals surface area contributed by atoms with E-state index in [9.17, 15) is 9.90 Å². The number of phenols is 1. The van der Waals surface area contributed by atoms with Gasteiger partial charge in [-0.3, -0.25) is 4.79 Å². The second kappa shape index (κ2) is 3.46. The molecule has 14 heavy (non-hydrogen) atoms. The number of carbonyl (C=O) groups is 1. The van der Waals surface area contributed by atoms with Crippen LogP contribution in [0.25, 0.3) is 5.57 Å². The molecule has 0 aliphatic carbocycles. The molecule has 1 heterocycles. The van der Waals surface area contributed by atoms with Crippen LogP contribution in [-0.2, 0) is 4.79 Å². The van der Waals surface area contributed by atoms with Crippen LogP contribution in [0.5, 0.6) is 5.75 Å². The van der Waals surface area contributed by atoms with Gasteiger partial charge in [0.15, 0.2) is 0 Å². The molecule has 0 radical (unpaired) electrons. The molecule has 0 saturated carbocycles. The van der Waals surface area contributed by atoms with Gasteiger partial charge in [0.2, 0.25) is 5.91 Å². The minimum absolute atomic E-state index is 0.109. The number of amides is 1. The van der Waals surface area contributed by atoms with Crippen molar-refractivity contribution in [3.63, 3.8) is 0 Å². The fourth-order valence-corrected chi connectivity index (χ4v) is 1.74. The number of nitrogens with one attached hydrogen (secondary N) is 1. The van der Waals surface area contributed by atoms with Gasteiger partial charge in [0.25, 0.3) is 0 Å². The fraction of sp³-hybridized carbons (Fsp3) is 0.100. The van der Waals surface area contributed by atoms with Crippen LogP contribution in [0.15, 0.2) is 28.7 Å². The summed E-state index contributed by atoms with van der Waals surface area (Å²) < 4.78 is 0.816. The summed E-state index contributed by atoms with van der Waals surface area (Å²) in [7, 11) is 0. The monoisotopic (exact) mass is 253 g/mol. The molecule has 2 N–H and O–H groups in total. The predicted octanol–water partition coefficient (Wildman–Crippen LogP) is 1.67. The largest absolute Gasteiger partial charge is 0.507 e. The highest BCUT2D eigenvalue weighted by molar-refractivity contribution is 9.10. The van der Waals surface area contributed by atoms with Crippen molar-refractivity contribution in [2.75, 3.05) is 6.54 Å². The van der Waals surface area contributed by atoms with Crippen LogP contribution in [0, 0.1) is 0 Å². The van der Waals surface area contributed by atoms with Crippen molar-refractivity contribution >= 4 is 27.4 Å². The van der Waals surface area contributed by atoms with E-state index in [2.05, 4.69) is 21.2 Å². The summed E-state index contributed by atoms with van der Waals surface area (Å²) in [5.74, 6) is 0.0736. The fourth-order valence-electron chi connectivity index (χ4n) is 1.39. The average Bonchev–Trinajstić information content (AvgIpc) is 2.51. The highest BCUT2D eigenvalue weighted by Gasteiger charge is 2.15. The standard InChI is InChI=1S/C10H8BrNO2/c11-7-1-2-8(9(13)4-7)6-3-10(14)12-5-6/h1-4,13H,5H2,(H,12,14). The minimum atomic E-state index is -0.109. The van der Waals surface area contributed by atoms with E-state index < -0.39 is 0 Å². The van der Waals surface area contributed by atoms with Crippen molar-refractivity contribution < 1.29 is 9.90 Å². The molecule has 1 aromatic carbocycles. The minimum Gasteiger partial charge on any atom is -0.507 e. The third kappa shape index (κ3) is 1.65. The van der Waals surface area contributed by atoms with Gasteiger partial charge in [0.05, 0.1) is 0 Å². The van der Waals surface area contributed by atoms with E-state index in [0.717, 1.165) is 10.0 Å². The number of rotatable bonds is 1. The van der Waals surface area contributed by atoms with E-state index in [-0.39, 0.29) is 11.7 Å². The molecule has 1 aliphatic rings. The number of hydrogen-bond acceptors (Lipinski definition) is 2. The predicted molar refractivity (Wildman–Crippen MR) is 56.8 cm³/mol. The summed E-state index contributed by atoms with van der Waals surface area (Å²) in [6, 6.07) is 5.23. The lowest BCUT2D eigenvalue weighted by molar-refractivity contribution is -0.115. The number of carbonyl (C=O) groups excluding carboxylic acids is 1. The van der Waals surface area contributed by atoms with Gasteiger partial charge in [-0.2, -0.15) is 0 Å². The summed E-state index contributed by atoms with van der Waals surface area (Å²) in [6.07, 6.45) is 1.50. The number of benzene rings is 1. The van der Waals surface area contributed by atoms with Gasteiger partial charge in [-0.05, 0) is 23.8 Å². The highest BCUT2D eigenvalue weighted by Crippen LogP contribution is 2.29. The Balaban J connectivity index is 2.42. The molecule has 1 aromatic rings. The molecule has 4 heteroatoms. The Bertz CT molecular complexity index is 426. The lowest BCUT2D eigenvalue weighted by Crippen LogP contribution is -2.14. The van der Waals surface area contributed by atoms with Crippen LogP contribution >= 0.6 is 15.9 Å². The van der Waals surface area contributed by atoms with Gasteiger partial charge in [-0.1, -0.05) is 15.9 Å². The van der Waals surface area contributed by atoms with Crippen LogP contribution in [-0.4, -0.2) is 17.6 Å². The SMILES string of the molecule is O=C1C=C(c2ccc(Br)cc2O)CN1. The molecule has 0 bridgehead atoms. The molecule has 72 valence electrons. The molecule has 0 aromatic heterocycles. The smallest absolute Gasteiger partial charge is 0.244 e. The van der Waals surface area contributed by atoms with Gasteiger partial charge in [0, 0.05) is 22.7 Å². The number of phenolic OH excluding ortho intramolecular Hbond substituents is 1. The lowest BCUT2D eigenvalue weighted by Gasteiger charge is -2.04. The molecule has 0 atom stereocenters. The maximum Gasteiger partial charge on any atom is 0.244 e. The Morgan fingerprint density at radius 3 is 2.79 bits per heavy atom. The van der Waals surface area contributed by atoms with Crippen LogP contribution in [0.2, 0.25) is 0 Å². The van der Waals surface area contributed by atoms with Crippen molar-refractivity contribution in [2.24, 2.45) is 0 Å². The van der Waals surface area contributed by atoms with E-state index in [1.165, 1.54) is 6.08 Å². The average molecular weight is 254 g/mol. The zero-order valence-corrected chi connectivity index (χ0v) is 8.84. The Labute approximate surface area is 89.6 Å². The van der Waals surface area contributed by atoms with Gasteiger partial charge in [0.1, 0.15) is 5.75 Å². The van der Waals surface area contributed by atoms with Gasteiger partial charge in [-0.15, -0.1) is 0 Å². The number of hydrogen-bond donors (Lipinski definition) is 2. The van der Waals surface area contributed by atoms with Crippen molar-refractivity contribution in [3.05, 3.63) is 34.3 Å². The summed E-state index contributed by atoms with van der Waals surface area (Å²) in [5.41, 5.74) is 1.52. The third-order valence-corrected chi connectivity index (χ3v) is 2.56. The molecule has 0 spiro atoms. The normalized spacial score (nSPS) is 15.2. The zero-order valence-electron chi connectivity index (χ0n) is 7.25. The molecule has 1 amide bonds. The first-order valence-electron chi connectivity index (χ1n) is 4.14. The maximum absolute atomic E-state index is 10.9. The molecular weight excluding hydrogens is 246 g/mol. The Kier molecular flexibility index (Phi) is 2.29. The summed E-state index contributed by atoms with van der Waals surface area (Å²) >= 11 is 3.25. The third-order valence-electron chi connectivity index (χ3n) is 2.06. The van der Waals surface area contributed by atoms with Crippen LogP contribution < -0.4 is 5.32 Å². The molecule has 0 saturated heterocycles. The van der Waals surface area contributed by atoms with Crippen molar-refractivity contribution in [1.82, 2.24) is 5.32 Å². The van der Waals surface area contributed by atoms with E-state index in [4.69, 9.17) is 0 Å². The molecule has 2 rings (SSSR count). The van der Waals surface area contributed by atoms with Crippen LogP contribution in [0.3, 0.4) is 0 Å². The molecule has 0 fully saturated rings. The summed E-state index contributed by atoms with van der Waals surface area (Å²) in [5, 5.41) is 12.3. The maximum atomic E-state index is 10.9. The van der Waals surface area contributed by atoms with Gasteiger partial charge in [-0.25, -0.2) is 0 Å². The lowest BCUT2D eigenvalue weighted by atomic mass is 10.1. The first-order valence-corrected chi connectivity index (χ1v) is 4.93. The van der Waals surface area contributed by atoms with Crippen LogP contribution in [0.1, 0.15) is 5.56 Å². The Morgan fingerprint density at radius 1 is 1.43 bits per heavy atom.